The summed E-state index contributed by atoms with van der Waals surface area (Å²) in [7, 11) is 0. The normalized spacial score (nSPS) is 10.5. The number of halogens is 2. The van der Waals surface area contributed by atoms with Crippen molar-refractivity contribution in [3.63, 3.8) is 0 Å². The minimum atomic E-state index is -0.461. The van der Waals surface area contributed by atoms with Crippen LogP contribution in [0.5, 0.6) is 0 Å². The van der Waals surface area contributed by atoms with Crippen LogP contribution in [0.2, 0.25) is 5.02 Å². The van der Waals surface area contributed by atoms with Gasteiger partial charge >= 0.3 is 0 Å². The van der Waals surface area contributed by atoms with E-state index < -0.39 is 5.82 Å². The Morgan fingerprint density at radius 1 is 1.35 bits per heavy atom. The van der Waals surface area contributed by atoms with Crippen molar-refractivity contribution in [2.45, 2.75) is 13.3 Å². The van der Waals surface area contributed by atoms with Gasteiger partial charge in [0, 0.05) is 22.3 Å². The molecule has 2 rings (SSSR count). The molecule has 0 aliphatic heterocycles. The second-order valence-corrected chi connectivity index (χ2v) is 4.03. The molecular weight excluding hydrogens is 243 g/mol. The van der Waals surface area contributed by atoms with Gasteiger partial charge < -0.3 is 4.98 Å². The quantitative estimate of drug-likeness (QED) is 0.893. The molecule has 0 radical (unpaired) electrons. The van der Waals surface area contributed by atoms with Crippen LogP contribution in [0.25, 0.3) is 11.4 Å². The molecule has 5 heteroatoms. The van der Waals surface area contributed by atoms with Gasteiger partial charge in [-0.25, -0.2) is 9.37 Å². The van der Waals surface area contributed by atoms with Crippen LogP contribution >= 0.6 is 11.6 Å². The van der Waals surface area contributed by atoms with Crippen LogP contribution in [0, 0.1) is 5.82 Å². The van der Waals surface area contributed by atoms with E-state index in [4.69, 9.17) is 11.6 Å². The van der Waals surface area contributed by atoms with Crippen LogP contribution in [-0.2, 0) is 6.42 Å². The molecule has 0 unspecified atom stereocenters. The van der Waals surface area contributed by atoms with Crippen molar-refractivity contribution >= 4 is 11.6 Å². The lowest BCUT2D eigenvalue weighted by molar-refractivity contribution is 0.628. The van der Waals surface area contributed by atoms with Crippen LogP contribution in [0.3, 0.4) is 0 Å². The summed E-state index contributed by atoms with van der Waals surface area (Å²) in [6.07, 6.45) is 0.639. The van der Waals surface area contributed by atoms with Crippen LogP contribution in [0.15, 0.2) is 29.1 Å². The van der Waals surface area contributed by atoms with E-state index in [2.05, 4.69) is 9.97 Å². The zero-order valence-electron chi connectivity index (χ0n) is 9.13. The first-order chi connectivity index (χ1) is 8.08. The van der Waals surface area contributed by atoms with E-state index in [0.29, 0.717) is 23.5 Å². The largest absolute Gasteiger partial charge is 0.307 e. The first-order valence-electron chi connectivity index (χ1n) is 5.15. The van der Waals surface area contributed by atoms with Crippen molar-refractivity contribution in [1.29, 1.82) is 0 Å². The van der Waals surface area contributed by atoms with Gasteiger partial charge in [-0.3, -0.25) is 4.79 Å². The zero-order valence-corrected chi connectivity index (χ0v) is 9.88. The van der Waals surface area contributed by atoms with Crippen molar-refractivity contribution in [3.8, 4) is 11.4 Å². The van der Waals surface area contributed by atoms with Crippen LogP contribution in [0.4, 0.5) is 4.39 Å². The Kier molecular flexibility index (Phi) is 3.24. The zero-order chi connectivity index (χ0) is 12.4. The summed E-state index contributed by atoms with van der Waals surface area (Å²) < 4.78 is 13.2. The summed E-state index contributed by atoms with van der Waals surface area (Å²) >= 11 is 5.75. The number of nitrogens with one attached hydrogen (secondary N) is 1. The molecule has 17 heavy (non-hydrogen) atoms. The maximum atomic E-state index is 13.2. The van der Waals surface area contributed by atoms with Crippen molar-refractivity contribution < 1.29 is 4.39 Å². The predicted octanol–water partition coefficient (Wildman–Crippen LogP) is 2.79. The summed E-state index contributed by atoms with van der Waals surface area (Å²) in [5.41, 5.74) is 0.860. The average Bonchev–Trinajstić information content (AvgIpc) is 2.26. The van der Waals surface area contributed by atoms with E-state index in [-0.39, 0.29) is 10.6 Å². The minimum absolute atomic E-state index is 0.257. The molecule has 0 aliphatic carbocycles. The van der Waals surface area contributed by atoms with Gasteiger partial charge in [0.15, 0.2) is 0 Å². The molecule has 3 nitrogen and oxygen atoms in total. The highest BCUT2D eigenvalue weighted by molar-refractivity contribution is 6.30. The highest BCUT2D eigenvalue weighted by Crippen LogP contribution is 2.20. The third-order valence-corrected chi connectivity index (χ3v) is 2.51. The van der Waals surface area contributed by atoms with Gasteiger partial charge in [-0.2, -0.15) is 0 Å². The number of aryl methyl sites for hydroxylation is 1. The van der Waals surface area contributed by atoms with E-state index in [1.165, 1.54) is 18.2 Å². The topological polar surface area (TPSA) is 45.8 Å². The fourth-order valence-corrected chi connectivity index (χ4v) is 1.74. The number of hydrogen-bond donors (Lipinski definition) is 1. The number of aromatic nitrogens is 2. The minimum Gasteiger partial charge on any atom is -0.307 e. The third kappa shape index (κ3) is 2.71. The van der Waals surface area contributed by atoms with Gasteiger partial charge in [-0.05, 0) is 24.6 Å². The van der Waals surface area contributed by atoms with Crippen LogP contribution in [-0.4, -0.2) is 9.97 Å². The maximum Gasteiger partial charge on any atom is 0.251 e. The standard InChI is InChI=1S/C12H10ClFN2O/c1-2-10-6-11(17)16-12(15-10)7-3-8(13)5-9(14)4-7/h3-6H,2H2,1H3,(H,15,16,17). The predicted molar refractivity (Wildman–Crippen MR) is 64.6 cm³/mol. The van der Waals surface area contributed by atoms with Crippen molar-refractivity contribution in [1.82, 2.24) is 9.97 Å². The summed E-state index contributed by atoms with van der Waals surface area (Å²) in [4.78, 5) is 18.2. The SMILES string of the molecule is CCc1cc(=O)[nH]c(-c2cc(F)cc(Cl)c2)n1. The highest BCUT2D eigenvalue weighted by Gasteiger charge is 2.06. The van der Waals surface area contributed by atoms with Gasteiger partial charge in [0.05, 0.1) is 0 Å². The monoisotopic (exact) mass is 252 g/mol. The molecular formula is C12H10ClFN2O. The number of hydrogen-bond acceptors (Lipinski definition) is 2. The lowest BCUT2D eigenvalue weighted by atomic mass is 10.2. The molecule has 88 valence electrons. The second-order valence-electron chi connectivity index (χ2n) is 3.60. The first-order valence-corrected chi connectivity index (χ1v) is 5.53. The molecule has 0 atom stereocenters. The van der Waals surface area contributed by atoms with Crippen molar-refractivity contribution in [3.05, 3.63) is 51.2 Å². The maximum absolute atomic E-state index is 13.2. The molecule has 0 aliphatic rings. The molecule has 1 heterocycles. The molecule has 1 aromatic heterocycles. The highest BCUT2D eigenvalue weighted by atomic mass is 35.5. The Hall–Kier alpha value is -1.68. The van der Waals surface area contributed by atoms with Crippen LogP contribution in [0.1, 0.15) is 12.6 Å². The number of benzene rings is 1. The van der Waals surface area contributed by atoms with Crippen molar-refractivity contribution in [2.24, 2.45) is 0 Å². The molecule has 0 bridgehead atoms. The molecule has 0 amide bonds. The van der Waals surface area contributed by atoms with Gasteiger partial charge in [-0.15, -0.1) is 0 Å². The number of H-pyrrole nitrogens is 1. The molecule has 0 spiro atoms. The molecule has 0 saturated heterocycles. The van der Waals surface area contributed by atoms with E-state index in [1.807, 2.05) is 6.92 Å². The number of aromatic amines is 1. The summed E-state index contributed by atoms with van der Waals surface area (Å²) in [6.45, 7) is 1.89. The average molecular weight is 253 g/mol. The Balaban J connectivity index is 2.59. The van der Waals surface area contributed by atoms with E-state index in [1.54, 1.807) is 6.07 Å². The molecule has 1 aromatic carbocycles. The van der Waals surface area contributed by atoms with Crippen molar-refractivity contribution in [2.75, 3.05) is 0 Å². The van der Waals surface area contributed by atoms with Gasteiger partial charge in [0.2, 0.25) is 0 Å². The molecule has 1 N–H and O–H groups in total. The van der Waals surface area contributed by atoms with Crippen LogP contribution < -0.4 is 5.56 Å². The van der Waals surface area contributed by atoms with Gasteiger partial charge in [-0.1, -0.05) is 18.5 Å². The first kappa shape index (κ1) is 11.8. The lowest BCUT2D eigenvalue weighted by Crippen LogP contribution is -2.10. The Bertz CT molecular complexity index is 589. The molecule has 2 aromatic rings. The van der Waals surface area contributed by atoms with E-state index in [0.717, 1.165) is 0 Å². The number of nitrogens with zero attached hydrogens (tertiary/aromatic N) is 1. The Morgan fingerprint density at radius 2 is 2.12 bits per heavy atom. The Morgan fingerprint density at radius 3 is 2.76 bits per heavy atom. The third-order valence-electron chi connectivity index (χ3n) is 2.29. The van der Waals surface area contributed by atoms with Gasteiger partial charge in [0.25, 0.3) is 5.56 Å². The molecule has 0 saturated carbocycles. The van der Waals surface area contributed by atoms with E-state index in [9.17, 15) is 9.18 Å². The lowest BCUT2D eigenvalue weighted by Gasteiger charge is -2.03. The van der Waals surface area contributed by atoms with E-state index >= 15 is 0 Å². The fourth-order valence-electron chi connectivity index (χ4n) is 1.52. The van der Waals surface area contributed by atoms with Gasteiger partial charge in [0.1, 0.15) is 11.6 Å². The Labute approximate surface area is 102 Å². The summed E-state index contributed by atoms with van der Waals surface area (Å²) in [5, 5.41) is 0.268. The molecule has 0 fully saturated rings. The second kappa shape index (κ2) is 4.67. The number of rotatable bonds is 2. The smallest absolute Gasteiger partial charge is 0.251 e. The fraction of sp³-hybridized carbons (Fsp3) is 0.167. The summed E-state index contributed by atoms with van der Waals surface area (Å²) in [5.74, 6) is -0.132. The summed E-state index contributed by atoms with van der Waals surface area (Å²) in [6, 6.07) is 5.46.